The van der Waals surface area contributed by atoms with Gasteiger partial charge in [0.15, 0.2) is 6.61 Å². The summed E-state index contributed by atoms with van der Waals surface area (Å²) in [5.74, 6) is 0.319. The van der Waals surface area contributed by atoms with Gasteiger partial charge in [-0.3, -0.25) is 4.57 Å². The summed E-state index contributed by atoms with van der Waals surface area (Å²) >= 11 is 6.15. The third-order valence-corrected chi connectivity index (χ3v) is 4.35. The first kappa shape index (κ1) is 18.0. The summed E-state index contributed by atoms with van der Waals surface area (Å²) in [5.41, 5.74) is 2.88. The molecule has 2 heterocycles. The molecule has 0 bridgehead atoms. The number of aromatic amines is 1. The van der Waals surface area contributed by atoms with Crippen molar-refractivity contribution in [2.75, 3.05) is 6.61 Å². The lowest BCUT2D eigenvalue weighted by Crippen LogP contribution is -2.10. The van der Waals surface area contributed by atoms with Crippen LogP contribution in [0.5, 0.6) is 5.75 Å². The molecule has 4 aromatic rings. The highest BCUT2D eigenvalue weighted by Gasteiger charge is 2.16. The Morgan fingerprint density at radius 3 is 2.89 bits per heavy atom. The van der Waals surface area contributed by atoms with Crippen LogP contribution in [0, 0.1) is 0 Å². The molecule has 0 aliphatic rings. The summed E-state index contributed by atoms with van der Waals surface area (Å²) in [4.78, 5) is 22.6. The molecule has 0 fully saturated rings. The summed E-state index contributed by atoms with van der Waals surface area (Å²) in [6, 6.07) is 10.5. The van der Waals surface area contributed by atoms with Crippen molar-refractivity contribution in [1.82, 2.24) is 19.5 Å². The molecular formula is C19H15ClN4O4. The van der Waals surface area contributed by atoms with Crippen molar-refractivity contribution in [3.05, 3.63) is 59.6 Å². The van der Waals surface area contributed by atoms with Crippen LogP contribution in [0.2, 0.25) is 5.02 Å². The molecule has 0 spiro atoms. The topological polar surface area (TPSA) is 113 Å². The van der Waals surface area contributed by atoms with Gasteiger partial charge in [-0.05, 0) is 36.4 Å². The third kappa shape index (κ3) is 3.42. The number of aliphatic hydroxyl groups is 1. The Bertz CT molecular complexity index is 1170. The number of aliphatic carboxylic acids is 1. The van der Waals surface area contributed by atoms with E-state index < -0.39 is 12.6 Å². The molecule has 3 N–H and O–H groups in total. The molecule has 9 heteroatoms. The molecule has 142 valence electrons. The van der Waals surface area contributed by atoms with Crippen molar-refractivity contribution in [2.45, 2.75) is 6.61 Å². The van der Waals surface area contributed by atoms with Gasteiger partial charge in [0.05, 0.1) is 16.6 Å². The third-order valence-electron chi connectivity index (χ3n) is 4.12. The lowest BCUT2D eigenvalue weighted by atomic mass is 10.1. The molecule has 2 aromatic heterocycles. The standard InChI is InChI=1S/C19H15ClN4O4/c20-11-1-4-16(28-10-18(26)27)13(7-11)19-21-5-6-24(19)12-2-3-14-15(8-12)23-17(9-25)22-14/h1-8,25H,9-10H2,(H,22,23)(H,26,27). The average molecular weight is 399 g/mol. The number of carboxylic acid groups (broad SMARTS) is 1. The van der Waals surface area contributed by atoms with Crippen LogP contribution in [0.1, 0.15) is 5.82 Å². The maximum Gasteiger partial charge on any atom is 0.341 e. The van der Waals surface area contributed by atoms with Crippen LogP contribution in [0.15, 0.2) is 48.8 Å². The molecule has 8 nitrogen and oxygen atoms in total. The fourth-order valence-corrected chi connectivity index (χ4v) is 3.10. The van der Waals surface area contributed by atoms with Gasteiger partial charge in [-0.1, -0.05) is 11.6 Å². The first-order valence-corrected chi connectivity index (χ1v) is 8.70. The molecule has 0 amide bonds. The van der Waals surface area contributed by atoms with Crippen LogP contribution in [0.4, 0.5) is 0 Å². The fourth-order valence-electron chi connectivity index (χ4n) is 2.93. The van der Waals surface area contributed by atoms with Gasteiger partial charge in [0.2, 0.25) is 0 Å². The van der Waals surface area contributed by atoms with Crippen LogP contribution in [-0.4, -0.2) is 42.3 Å². The Labute approximate surface area is 164 Å². The van der Waals surface area contributed by atoms with E-state index in [0.29, 0.717) is 28.0 Å². The maximum atomic E-state index is 10.9. The number of carboxylic acids is 1. The highest BCUT2D eigenvalue weighted by atomic mass is 35.5. The number of hydrogen-bond acceptors (Lipinski definition) is 5. The number of nitrogens with zero attached hydrogens (tertiary/aromatic N) is 3. The van der Waals surface area contributed by atoms with Gasteiger partial charge in [-0.2, -0.15) is 0 Å². The quantitative estimate of drug-likeness (QED) is 0.460. The molecule has 0 radical (unpaired) electrons. The van der Waals surface area contributed by atoms with Crippen molar-refractivity contribution in [3.8, 4) is 22.8 Å². The monoisotopic (exact) mass is 398 g/mol. The number of aliphatic hydroxyl groups excluding tert-OH is 1. The minimum atomic E-state index is -1.08. The van der Waals surface area contributed by atoms with Crippen molar-refractivity contribution in [3.63, 3.8) is 0 Å². The van der Waals surface area contributed by atoms with Gasteiger partial charge in [0.25, 0.3) is 0 Å². The van der Waals surface area contributed by atoms with Crippen LogP contribution in [-0.2, 0) is 11.4 Å². The zero-order valence-corrected chi connectivity index (χ0v) is 15.2. The number of imidazole rings is 2. The van der Waals surface area contributed by atoms with Crippen molar-refractivity contribution < 1.29 is 19.7 Å². The molecule has 28 heavy (non-hydrogen) atoms. The van der Waals surface area contributed by atoms with Gasteiger partial charge in [-0.25, -0.2) is 14.8 Å². The Morgan fingerprint density at radius 2 is 2.11 bits per heavy atom. The first-order chi connectivity index (χ1) is 13.5. The van der Waals surface area contributed by atoms with Crippen molar-refractivity contribution >= 4 is 28.6 Å². The Balaban J connectivity index is 1.79. The van der Waals surface area contributed by atoms with E-state index in [0.717, 1.165) is 16.7 Å². The second-order valence-corrected chi connectivity index (χ2v) is 6.42. The second-order valence-electron chi connectivity index (χ2n) is 5.99. The largest absolute Gasteiger partial charge is 0.481 e. The van der Waals surface area contributed by atoms with Crippen LogP contribution in [0.3, 0.4) is 0 Å². The number of halogens is 1. The number of carbonyl (C=O) groups is 1. The van der Waals surface area contributed by atoms with Crippen molar-refractivity contribution in [1.29, 1.82) is 0 Å². The Kier molecular flexibility index (Phi) is 4.72. The van der Waals surface area contributed by atoms with Gasteiger partial charge in [0.1, 0.15) is 24.0 Å². The van der Waals surface area contributed by atoms with E-state index in [1.165, 1.54) is 0 Å². The number of hydrogen-bond donors (Lipinski definition) is 3. The summed E-state index contributed by atoms with van der Waals surface area (Å²) in [7, 11) is 0. The molecule has 0 unspecified atom stereocenters. The van der Waals surface area contributed by atoms with E-state index >= 15 is 0 Å². The Hall–Kier alpha value is -3.36. The van der Waals surface area contributed by atoms with Crippen LogP contribution >= 0.6 is 11.6 Å². The van der Waals surface area contributed by atoms with E-state index in [2.05, 4.69) is 15.0 Å². The molecule has 0 aliphatic carbocycles. The lowest BCUT2D eigenvalue weighted by molar-refractivity contribution is -0.139. The Morgan fingerprint density at radius 1 is 1.25 bits per heavy atom. The SMILES string of the molecule is O=C(O)COc1ccc(Cl)cc1-c1nccn1-c1ccc2nc(CO)[nH]c2c1. The van der Waals surface area contributed by atoms with Gasteiger partial charge < -0.3 is 19.9 Å². The first-order valence-electron chi connectivity index (χ1n) is 8.33. The highest BCUT2D eigenvalue weighted by Crippen LogP contribution is 2.33. The van der Waals surface area contributed by atoms with Gasteiger partial charge in [0, 0.05) is 23.1 Å². The van der Waals surface area contributed by atoms with Gasteiger partial charge in [-0.15, -0.1) is 0 Å². The molecule has 0 atom stereocenters. The lowest BCUT2D eigenvalue weighted by Gasteiger charge is -2.13. The molecule has 0 saturated carbocycles. The zero-order chi connectivity index (χ0) is 19.7. The molecular weight excluding hydrogens is 384 g/mol. The van der Waals surface area contributed by atoms with E-state index in [4.69, 9.17) is 21.4 Å². The van der Waals surface area contributed by atoms with E-state index in [1.807, 2.05) is 22.8 Å². The predicted molar refractivity (Wildman–Crippen MR) is 103 cm³/mol. The smallest absolute Gasteiger partial charge is 0.341 e. The molecule has 2 aromatic carbocycles. The van der Waals surface area contributed by atoms with Gasteiger partial charge >= 0.3 is 5.97 Å². The minimum Gasteiger partial charge on any atom is -0.481 e. The number of H-pyrrole nitrogens is 1. The zero-order valence-electron chi connectivity index (χ0n) is 14.5. The fraction of sp³-hybridized carbons (Fsp3) is 0.105. The summed E-state index contributed by atoms with van der Waals surface area (Å²) in [6.07, 6.45) is 3.41. The number of fused-ring (bicyclic) bond motifs is 1. The molecule has 0 aliphatic heterocycles. The van der Waals surface area contributed by atoms with E-state index in [1.54, 1.807) is 30.6 Å². The highest BCUT2D eigenvalue weighted by molar-refractivity contribution is 6.30. The molecule has 0 saturated heterocycles. The normalized spacial score (nSPS) is 11.1. The average Bonchev–Trinajstić information content (AvgIpc) is 3.32. The molecule has 4 rings (SSSR count). The summed E-state index contributed by atoms with van der Waals surface area (Å²) in [6.45, 7) is -0.646. The summed E-state index contributed by atoms with van der Waals surface area (Å²) < 4.78 is 7.23. The number of ether oxygens (including phenoxy) is 1. The van der Waals surface area contributed by atoms with E-state index in [-0.39, 0.29) is 6.61 Å². The van der Waals surface area contributed by atoms with Crippen LogP contribution in [0.25, 0.3) is 28.1 Å². The predicted octanol–water partition coefficient (Wildman–Crippen LogP) is 3.02. The number of aromatic nitrogens is 4. The second kappa shape index (κ2) is 7.34. The van der Waals surface area contributed by atoms with Crippen LogP contribution < -0.4 is 4.74 Å². The maximum absolute atomic E-state index is 10.9. The number of rotatable bonds is 6. The van der Waals surface area contributed by atoms with Crippen molar-refractivity contribution in [2.24, 2.45) is 0 Å². The van der Waals surface area contributed by atoms with E-state index in [9.17, 15) is 9.90 Å². The minimum absolute atomic E-state index is 0.173. The number of benzene rings is 2. The summed E-state index contributed by atoms with van der Waals surface area (Å²) in [5, 5.41) is 18.6. The number of nitrogens with one attached hydrogen (secondary N) is 1.